The smallest absolute Gasteiger partial charge is 0.265 e. The summed E-state index contributed by atoms with van der Waals surface area (Å²) in [5, 5.41) is 7.66. The molecule has 2 aromatic carbocycles. The molecule has 6 heteroatoms. The molecule has 0 aliphatic carbocycles. The lowest BCUT2D eigenvalue weighted by Crippen LogP contribution is -2.14. The topological polar surface area (TPSA) is 58.2 Å². The van der Waals surface area contributed by atoms with E-state index < -0.39 is 0 Å². The number of aryl methyl sites for hydroxylation is 1. The predicted octanol–water partition coefficient (Wildman–Crippen LogP) is 5.04. The second-order valence-electron chi connectivity index (χ2n) is 5.61. The van der Waals surface area contributed by atoms with Gasteiger partial charge in [-0.2, -0.15) is 0 Å². The zero-order valence-electron chi connectivity index (χ0n) is 14.2. The van der Waals surface area contributed by atoms with Crippen LogP contribution in [0, 0.1) is 6.92 Å². The SMILES string of the molecule is Cc1ccccc1NC(=O)CSc1cccc(NC(=O)c2cccs2)c1. The lowest BCUT2D eigenvalue weighted by atomic mass is 10.2. The second kappa shape index (κ2) is 8.69. The molecule has 0 aliphatic heterocycles. The second-order valence-corrected chi connectivity index (χ2v) is 7.61. The Morgan fingerprint density at radius 2 is 1.85 bits per heavy atom. The molecule has 0 saturated heterocycles. The lowest BCUT2D eigenvalue weighted by Gasteiger charge is -2.09. The van der Waals surface area contributed by atoms with E-state index >= 15 is 0 Å². The van der Waals surface area contributed by atoms with E-state index in [1.54, 1.807) is 6.07 Å². The van der Waals surface area contributed by atoms with Crippen LogP contribution in [0.5, 0.6) is 0 Å². The highest BCUT2D eigenvalue weighted by atomic mass is 32.2. The molecule has 0 atom stereocenters. The number of hydrogen-bond donors (Lipinski definition) is 2. The average Bonchev–Trinajstić information content (AvgIpc) is 3.17. The summed E-state index contributed by atoms with van der Waals surface area (Å²) in [5.74, 6) is 0.119. The van der Waals surface area contributed by atoms with Crippen molar-refractivity contribution < 1.29 is 9.59 Å². The number of thioether (sulfide) groups is 1. The van der Waals surface area contributed by atoms with Gasteiger partial charge in [0.2, 0.25) is 5.91 Å². The first kappa shape index (κ1) is 18.2. The highest BCUT2D eigenvalue weighted by Gasteiger charge is 2.09. The van der Waals surface area contributed by atoms with Crippen LogP contribution in [0.25, 0.3) is 0 Å². The summed E-state index contributed by atoms with van der Waals surface area (Å²) in [6, 6.07) is 18.8. The molecule has 4 nitrogen and oxygen atoms in total. The van der Waals surface area contributed by atoms with Gasteiger partial charge in [-0.05, 0) is 48.2 Å². The third-order valence-corrected chi connectivity index (χ3v) is 5.49. The van der Waals surface area contributed by atoms with Crippen molar-refractivity contribution in [3.05, 3.63) is 76.5 Å². The molecule has 3 aromatic rings. The third kappa shape index (κ3) is 4.97. The minimum atomic E-state index is -0.126. The maximum Gasteiger partial charge on any atom is 0.265 e. The van der Waals surface area contributed by atoms with E-state index in [2.05, 4.69) is 10.6 Å². The molecule has 0 fully saturated rings. The van der Waals surface area contributed by atoms with Crippen LogP contribution in [0.3, 0.4) is 0 Å². The first-order chi connectivity index (χ1) is 12.6. The Bertz CT molecular complexity index is 908. The van der Waals surface area contributed by atoms with Crippen LogP contribution in [0.15, 0.2) is 70.9 Å². The van der Waals surface area contributed by atoms with Gasteiger partial charge in [0.05, 0.1) is 10.6 Å². The maximum atomic E-state index is 12.2. The summed E-state index contributed by atoms with van der Waals surface area (Å²) in [6.45, 7) is 1.96. The molecule has 0 radical (unpaired) electrons. The number of amides is 2. The number of para-hydroxylation sites is 1. The van der Waals surface area contributed by atoms with Gasteiger partial charge >= 0.3 is 0 Å². The maximum absolute atomic E-state index is 12.2. The van der Waals surface area contributed by atoms with Gasteiger partial charge in [0.15, 0.2) is 0 Å². The van der Waals surface area contributed by atoms with Crippen molar-refractivity contribution in [1.29, 1.82) is 0 Å². The van der Waals surface area contributed by atoms with Gasteiger partial charge in [-0.15, -0.1) is 23.1 Å². The molecular formula is C20H18N2O2S2. The number of carbonyl (C=O) groups excluding carboxylic acids is 2. The Morgan fingerprint density at radius 1 is 1.00 bits per heavy atom. The van der Waals surface area contributed by atoms with Gasteiger partial charge in [-0.3, -0.25) is 9.59 Å². The minimum absolute atomic E-state index is 0.0580. The molecule has 0 aliphatic rings. The molecule has 132 valence electrons. The fourth-order valence-corrected chi connectivity index (χ4v) is 3.69. The van der Waals surface area contributed by atoms with Crippen LogP contribution in [0.1, 0.15) is 15.2 Å². The molecule has 0 bridgehead atoms. The van der Waals surface area contributed by atoms with Crippen LogP contribution in [-0.2, 0) is 4.79 Å². The molecule has 2 amide bonds. The summed E-state index contributed by atoms with van der Waals surface area (Å²) in [7, 11) is 0. The number of carbonyl (C=O) groups is 2. The molecule has 0 spiro atoms. The van der Waals surface area contributed by atoms with Crippen molar-refractivity contribution in [3.8, 4) is 0 Å². The van der Waals surface area contributed by atoms with Gasteiger partial charge in [0.1, 0.15) is 0 Å². The monoisotopic (exact) mass is 382 g/mol. The standard InChI is InChI=1S/C20H18N2O2S2/c1-14-6-2-3-9-17(14)22-19(23)13-26-16-8-4-7-15(12-16)21-20(24)18-10-5-11-25-18/h2-12H,13H2,1H3,(H,21,24)(H,22,23). The van der Waals surface area contributed by atoms with Gasteiger partial charge in [-0.1, -0.05) is 30.3 Å². The minimum Gasteiger partial charge on any atom is -0.325 e. The van der Waals surface area contributed by atoms with E-state index in [1.807, 2.05) is 66.9 Å². The summed E-state index contributed by atoms with van der Waals surface area (Å²) in [6.07, 6.45) is 0. The van der Waals surface area contributed by atoms with E-state index in [4.69, 9.17) is 0 Å². The van der Waals surface area contributed by atoms with Crippen LogP contribution in [-0.4, -0.2) is 17.6 Å². The van der Waals surface area contributed by atoms with Crippen molar-refractivity contribution in [2.75, 3.05) is 16.4 Å². The van der Waals surface area contributed by atoms with Gasteiger partial charge in [0, 0.05) is 16.3 Å². The summed E-state index contributed by atoms with van der Waals surface area (Å²) >= 11 is 2.83. The highest BCUT2D eigenvalue weighted by Crippen LogP contribution is 2.23. The number of benzene rings is 2. The average molecular weight is 383 g/mol. The van der Waals surface area contributed by atoms with E-state index in [1.165, 1.54) is 23.1 Å². The number of anilines is 2. The molecule has 3 rings (SSSR count). The van der Waals surface area contributed by atoms with Crippen LogP contribution in [0.4, 0.5) is 11.4 Å². The van der Waals surface area contributed by atoms with Crippen molar-refractivity contribution in [2.24, 2.45) is 0 Å². The first-order valence-corrected chi connectivity index (χ1v) is 9.91. The Hall–Kier alpha value is -2.57. The van der Waals surface area contributed by atoms with Crippen molar-refractivity contribution in [1.82, 2.24) is 0 Å². The highest BCUT2D eigenvalue weighted by molar-refractivity contribution is 8.00. The van der Waals surface area contributed by atoms with Crippen molar-refractivity contribution in [2.45, 2.75) is 11.8 Å². The fourth-order valence-electron chi connectivity index (χ4n) is 2.31. The molecular weight excluding hydrogens is 364 g/mol. The number of nitrogens with one attached hydrogen (secondary N) is 2. The zero-order chi connectivity index (χ0) is 18.4. The molecule has 0 saturated carbocycles. The van der Waals surface area contributed by atoms with Gasteiger partial charge < -0.3 is 10.6 Å². The molecule has 0 unspecified atom stereocenters. The first-order valence-electron chi connectivity index (χ1n) is 8.05. The Balaban J connectivity index is 1.56. The Kier molecular flexibility index (Phi) is 6.09. The number of rotatable bonds is 6. The molecule has 2 N–H and O–H groups in total. The van der Waals surface area contributed by atoms with E-state index in [0.717, 1.165) is 16.1 Å². The Labute approximate surface area is 160 Å². The quantitative estimate of drug-likeness (QED) is 0.587. The number of hydrogen-bond acceptors (Lipinski definition) is 4. The largest absolute Gasteiger partial charge is 0.325 e. The molecule has 26 heavy (non-hydrogen) atoms. The molecule has 1 heterocycles. The third-order valence-electron chi connectivity index (χ3n) is 3.63. The zero-order valence-corrected chi connectivity index (χ0v) is 15.8. The van der Waals surface area contributed by atoms with Crippen LogP contribution in [0.2, 0.25) is 0 Å². The normalized spacial score (nSPS) is 10.3. The summed E-state index contributed by atoms with van der Waals surface area (Å²) in [5.41, 5.74) is 2.58. The predicted molar refractivity (Wildman–Crippen MR) is 109 cm³/mol. The van der Waals surface area contributed by atoms with Crippen LogP contribution >= 0.6 is 23.1 Å². The van der Waals surface area contributed by atoms with E-state index in [0.29, 0.717) is 16.3 Å². The van der Waals surface area contributed by atoms with Crippen LogP contribution < -0.4 is 10.6 Å². The summed E-state index contributed by atoms with van der Waals surface area (Å²) < 4.78 is 0. The lowest BCUT2D eigenvalue weighted by molar-refractivity contribution is -0.113. The Morgan fingerprint density at radius 3 is 2.62 bits per heavy atom. The van der Waals surface area contributed by atoms with Crippen molar-refractivity contribution >= 4 is 46.3 Å². The van der Waals surface area contributed by atoms with Crippen molar-refractivity contribution in [3.63, 3.8) is 0 Å². The summed E-state index contributed by atoms with van der Waals surface area (Å²) in [4.78, 5) is 25.9. The molecule has 1 aromatic heterocycles. The fraction of sp³-hybridized carbons (Fsp3) is 0.100. The van der Waals surface area contributed by atoms with Gasteiger partial charge in [0.25, 0.3) is 5.91 Å². The van der Waals surface area contributed by atoms with E-state index in [-0.39, 0.29) is 11.8 Å². The van der Waals surface area contributed by atoms with E-state index in [9.17, 15) is 9.59 Å². The number of thiophene rings is 1. The van der Waals surface area contributed by atoms with Gasteiger partial charge in [-0.25, -0.2) is 0 Å².